The molecule has 2 rings (SSSR count). The molecule has 0 saturated heterocycles. The van der Waals surface area contributed by atoms with E-state index in [-0.39, 0.29) is 31.1 Å². The van der Waals surface area contributed by atoms with Gasteiger partial charge in [-0.15, -0.1) is 0 Å². The molecule has 27 heavy (non-hydrogen) atoms. The molecule has 0 atom stereocenters. The molecule has 2 aromatic rings. The molecule has 0 bridgehead atoms. The third kappa shape index (κ3) is 5.77. The Labute approximate surface area is 154 Å². The normalized spacial score (nSPS) is 12.0. The lowest BCUT2D eigenvalue weighted by atomic mass is 10.2. The summed E-state index contributed by atoms with van der Waals surface area (Å²) in [5.41, 5.74) is 0.858. The highest BCUT2D eigenvalue weighted by atomic mass is 19.4. The highest BCUT2D eigenvalue weighted by Crippen LogP contribution is 2.28. The van der Waals surface area contributed by atoms with Crippen LogP contribution in [0, 0.1) is 0 Å². The molecule has 0 unspecified atom stereocenters. The number of para-hydroxylation sites is 1. The van der Waals surface area contributed by atoms with E-state index in [1.165, 1.54) is 30.1 Å². The minimum atomic E-state index is -4.65. The number of rotatable bonds is 8. The van der Waals surface area contributed by atoms with Crippen molar-refractivity contribution in [3.63, 3.8) is 0 Å². The summed E-state index contributed by atoms with van der Waals surface area (Å²) in [6, 6.07) is 6.56. The van der Waals surface area contributed by atoms with Crippen LogP contribution in [0.1, 0.15) is 29.8 Å². The fourth-order valence-electron chi connectivity index (χ4n) is 2.15. The van der Waals surface area contributed by atoms with Gasteiger partial charge in [0, 0.05) is 11.8 Å². The molecule has 9 heteroatoms. The van der Waals surface area contributed by atoms with Crippen LogP contribution in [-0.4, -0.2) is 35.1 Å². The molecule has 1 heterocycles. The van der Waals surface area contributed by atoms with E-state index in [1.54, 1.807) is 25.1 Å². The summed E-state index contributed by atoms with van der Waals surface area (Å²) in [6.45, 7) is 3.45. The van der Waals surface area contributed by atoms with E-state index in [9.17, 15) is 18.0 Å². The van der Waals surface area contributed by atoms with Crippen molar-refractivity contribution in [2.45, 2.75) is 26.6 Å². The van der Waals surface area contributed by atoms with Crippen molar-refractivity contribution < 1.29 is 32.2 Å². The monoisotopic (exact) mass is 384 g/mol. The first-order valence-electron chi connectivity index (χ1n) is 8.19. The molecule has 0 amide bonds. The molecule has 1 aromatic carbocycles. The fourth-order valence-corrected chi connectivity index (χ4v) is 2.15. The first-order valence-corrected chi connectivity index (χ1v) is 8.19. The Hall–Kier alpha value is -2.97. The molecule has 0 spiro atoms. The third-order valence-electron chi connectivity index (χ3n) is 3.32. The molecular formula is C18H19F3N2O4. The molecule has 0 aliphatic rings. The van der Waals surface area contributed by atoms with Gasteiger partial charge in [0.1, 0.15) is 12.0 Å². The Morgan fingerprint density at radius 1 is 1.19 bits per heavy atom. The van der Waals surface area contributed by atoms with Crippen LogP contribution in [0.3, 0.4) is 0 Å². The Morgan fingerprint density at radius 3 is 2.56 bits per heavy atom. The number of carbonyl (C=O) groups is 1. The summed E-state index contributed by atoms with van der Waals surface area (Å²) in [4.78, 5) is 11.7. The van der Waals surface area contributed by atoms with Crippen LogP contribution in [0.4, 0.5) is 13.2 Å². The van der Waals surface area contributed by atoms with Crippen molar-refractivity contribution in [1.29, 1.82) is 0 Å². The summed E-state index contributed by atoms with van der Waals surface area (Å²) in [5.74, 6) is -1.50. The van der Waals surface area contributed by atoms with Gasteiger partial charge in [0.15, 0.2) is 0 Å². The second-order valence-corrected chi connectivity index (χ2v) is 5.29. The number of benzene rings is 1. The quantitative estimate of drug-likeness (QED) is 0.510. The van der Waals surface area contributed by atoms with Gasteiger partial charge in [-0.3, -0.25) is 4.68 Å². The van der Waals surface area contributed by atoms with Gasteiger partial charge < -0.3 is 14.2 Å². The Kier molecular flexibility index (Phi) is 6.86. The number of hydrogen-bond donors (Lipinski definition) is 0. The predicted molar refractivity (Wildman–Crippen MR) is 90.1 cm³/mol. The predicted octanol–water partition coefficient (Wildman–Crippen LogP) is 3.93. The third-order valence-corrected chi connectivity index (χ3v) is 3.32. The van der Waals surface area contributed by atoms with E-state index in [4.69, 9.17) is 9.47 Å². The molecule has 0 radical (unpaired) electrons. The van der Waals surface area contributed by atoms with Crippen LogP contribution in [0.15, 0.2) is 48.7 Å². The first kappa shape index (κ1) is 20.3. The van der Waals surface area contributed by atoms with Crippen molar-refractivity contribution in [3.05, 3.63) is 59.8 Å². The van der Waals surface area contributed by atoms with E-state index in [0.717, 1.165) is 0 Å². The summed E-state index contributed by atoms with van der Waals surface area (Å²) in [6.07, 6.45) is -1.26. The molecule has 1 aromatic heterocycles. The summed E-state index contributed by atoms with van der Waals surface area (Å²) < 4.78 is 54.7. The largest absolute Gasteiger partial charge is 0.487 e. The lowest BCUT2D eigenvalue weighted by Gasteiger charge is -2.13. The molecule has 146 valence electrons. The SMILES string of the molecule is CCOC(=O)c1cnn(Cc2ccccc2O/C=C(\OCC)C(F)(F)F)c1. The highest BCUT2D eigenvalue weighted by molar-refractivity contribution is 5.88. The molecule has 0 aliphatic carbocycles. The van der Waals surface area contributed by atoms with Gasteiger partial charge in [-0.25, -0.2) is 4.79 Å². The fraction of sp³-hybridized carbons (Fsp3) is 0.333. The van der Waals surface area contributed by atoms with Gasteiger partial charge in [0.2, 0.25) is 5.76 Å². The van der Waals surface area contributed by atoms with Gasteiger partial charge in [-0.1, -0.05) is 18.2 Å². The van der Waals surface area contributed by atoms with Gasteiger partial charge in [0.05, 0.1) is 31.5 Å². The Morgan fingerprint density at radius 2 is 1.89 bits per heavy atom. The van der Waals surface area contributed by atoms with Crippen LogP contribution in [-0.2, 0) is 16.0 Å². The number of carbonyl (C=O) groups excluding carboxylic acids is 1. The van der Waals surface area contributed by atoms with E-state index >= 15 is 0 Å². The summed E-state index contributed by atoms with van der Waals surface area (Å²) in [7, 11) is 0. The number of ether oxygens (including phenoxy) is 3. The molecule has 0 aliphatic heterocycles. The number of aromatic nitrogens is 2. The van der Waals surface area contributed by atoms with E-state index in [1.807, 2.05) is 0 Å². The Bertz CT molecular complexity index is 800. The minimum Gasteiger partial charge on any atom is -0.487 e. The maximum atomic E-state index is 12.9. The van der Waals surface area contributed by atoms with Crippen LogP contribution in [0.2, 0.25) is 0 Å². The molecule has 0 N–H and O–H groups in total. The lowest BCUT2D eigenvalue weighted by Crippen LogP contribution is -2.16. The van der Waals surface area contributed by atoms with Crippen molar-refractivity contribution in [1.82, 2.24) is 9.78 Å². The number of hydrogen-bond acceptors (Lipinski definition) is 5. The average molecular weight is 384 g/mol. The van der Waals surface area contributed by atoms with Gasteiger partial charge in [0.25, 0.3) is 0 Å². The maximum Gasteiger partial charge on any atom is 0.452 e. The van der Waals surface area contributed by atoms with Crippen molar-refractivity contribution in [2.24, 2.45) is 0 Å². The zero-order valence-corrected chi connectivity index (χ0v) is 14.8. The van der Waals surface area contributed by atoms with E-state index in [0.29, 0.717) is 11.8 Å². The number of esters is 1. The topological polar surface area (TPSA) is 62.6 Å². The molecule has 6 nitrogen and oxygen atoms in total. The first-order chi connectivity index (χ1) is 12.8. The van der Waals surface area contributed by atoms with Gasteiger partial charge in [-0.05, 0) is 19.9 Å². The molecular weight excluding hydrogens is 365 g/mol. The summed E-state index contributed by atoms with van der Waals surface area (Å²) >= 11 is 0. The van der Waals surface area contributed by atoms with Crippen molar-refractivity contribution >= 4 is 5.97 Å². The second kappa shape index (κ2) is 9.11. The van der Waals surface area contributed by atoms with Crippen LogP contribution < -0.4 is 4.74 Å². The van der Waals surface area contributed by atoms with Gasteiger partial charge >= 0.3 is 12.1 Å². The van der Waals surface area contributed by atoms with E-state index in [2.05, 4.69) is 9.84 Å². The van der Waals surface area contributed by atoms with Crippen LogP contribution >= 0.6 is 0 Å². The smallest absolute Gasteiger partial charge is 0.452 e. The van der Waals surface area contributed by atoms with Crippen molar-refractivity contribution in [2.75, 3.05) is 13.2 Å². The molecule has 0 fully saturated rings. The number of allylic oxidation sites excluding steroid dienone is 1. The van der Waals surface area contributed by atoms with Crippen LogP contribution in [0.5, 0.6) is 5.75 Å². The zero-order valence-electron chi connectivity index (χ0n) is 14.8. The molecule has 0 saturated carbocycles. The average Bonchev–Trinajstić information content (AvgIpc) is 3.08. The zero-order chi connectivity index (χ0) is 19.9. The standard InChI is InChI=1S/C18H19F3N2O4/c1-3-25-16(18(19,20)21)12-27-15-8-6-5-7-13(15)10-23-11-14(9-22-23)17(24)26-4-2/h5-9,11-12H,3-4,10H2,1-2H3/b16-12-. The van der Waals surface area contributed by atoms with Crippen LogP contribution in [0.25, 0.3) is 0 Å². The maximum absolute atomic E-state index is 12.9. The van der Waals surface area contributed by atoms with Crippen molar-refractivity contribution in [3.8, 4) is 5.75 Å². The number of nitrogens with zero attached hydrogens (tertiary/aromatic N) is 2. The van der Waals surface area contributed by atoms with Gasteiger partial charge in [-0.2, -0.15) is 18.3 Å². The second-order valence-electron chi connectivity index (χ2n) is 5.29. The highest BCUT2D eigenvalue weighted by Gasteiger charge is 2.36. The minimum absolute atomic E-state index is 0.139. The van der Waals surface area contributed by atoms with E-state index < -0.39 is 17.9 Å². The summed E-state index contributed by atoms with van der Waals surface area (Å²) in [5, 5.41) is 4.06. The lowest BCUT2D eigenvalue weighted by molar-refractivity contribution is -0.132. The Balaban J connectivity index is 2.17. The number of alkyl halides is 3. The number of halogens is 3.